The third-order valence-corrected chi connectivity index (χ3v) is 6.50. The second-order valence-corrected chi connectivity index (χ2v) is 9.60. The van der Waals surface area contributed by atoms with E-state index in [-0.39, 0.29) is 17.7 Å². The van der Waals surface area contributed by atoms with Gasteiger partial charge in [0.2, 0.25) is 5.91 Å². The van der Waals surface area contributed by atoms with Crippen LogP contribution in [0.1, 0.15) is 26.3 Å². The van der Waals surface area contributed by atoms with E-state index in [1.54, 1.807) is 41.9 Å². The van der Waals surface area contributed by atoms with Gasteiger partial charge in [0.15, 0.2) is 0 Å². The maximum absolute atomic E-state index is 12.2. The molecule has 0 spiro atoms. The van der Waals surface area contributed by atoms with Crippen molar-refractivity contribution in [1.29, 1.82) is 0 Å². The van der Waals surface area contributed by atoms with Crippen molar-refractivity contribution in [3.05, 3.63) is 93.3 Å². The van der Waals surface area contributed by atoms with Gasteiger partial charge in [-0.3, -0.25) is 14.4 Å². The van der Waals surface area contributed by atoms with Crippen LogP contribution in [0.4, 0.5) is 22.7 Å². The zero-order valence-corrected chi connectivity index (χ0v) is 21.0. The topological polar surface area (TPSA) is 113 Å². The molecule has 0 aliphatic carbocycles. The van der Waals surface area contributed by atoms with E-state index in [1.165, 1.54) is 22.7 Å². The van der Waals surface area contributed by atoms with E-state index in [4.69, 9.17) is 17.3 Å². The molecule has 35 heavy (non-hydrogen) atoms. The summed E-state index contributed by atoms with van der Waals surface area (Å²) in [7, 11) is 0. The van der Waals surface area contributed by atoms with Crippen LogP contribution in [-0.2, 0) is 4.79 Å². The van der Waals surface area contributed by atoms with E-state index in [0.29, 0.717) is 26.8 Å². The maximum atomic E-state index is 12.2. The van der Waals surface area contributed by atoms with Gasteiger partial charge in [-0.2, -0.15) is 0 Å². The maximum Gasteiger partial charge on any atom is 0.267 e. The van der Waals surface area contributed by atoms with E-state index >= 15 is 0 Å². The lowest BCUT2D eigenvalue weighted by Crippen LogP contribution is -2.22. The van der Waals surface area contributed by atoms with E-state index in [1.807, 2.05) is 48.5 Å². The Labute approximate surface area is 215 Å². The molecule has 3 amide bonds. The van der Waals surface area contributed by atoms with Gasteiger partial charge in [-0.05, 0) is 54.1 Å². The Morgan fingerprint density at radius 1 is 0.743 bits per heavy atom. The number of carbonyl (C=O) groups excluding carboxylic acids is 3. The first-order valence-electron chi connectivity index (χ1n) is 10.4. The van der Waals surface area contributed by atoms with Gasteiger partial charge in [-0.15, -0.1) is 34.3 Å². The Hall–Kier alpha value is -3.66. The van der Waals surface area contributed by atoms with Crippen molar-refractivity contribution in [1.82, 2.24) is 0 Å². The molecule has 7 nitrogen and oxygen atoms in total. The smallest absolute Gasteiger partial charge is 0.267 e. The minimum absolute atomic E-state index is 0.159. The molecule has 2 aromatic heterocycles. The largest absolute Gasteiger partial charge is 0.397 e. The highest BCUT2D eigenvalue weighted by atomic mass is 35.5. The van der Waals surface area contributed by atoms with Gasteiger partial charge in [-0.1, -0.05) is 36.4 Å². The number of hydrogen-bond acceptors (Lipinski definition) is 6. The molecule has 0 bridgehead atoms. The summed E-state index contributed by atoms with van der Waals surface area (Å²) in [6.07, 6.45) is 0. The highest BCUT2D eigenvalue weighted by Gasteiger charge is 2.17. The van der Waals surface area contributed by atoms with Gasteiger partial charge in [0.1, 0.15) is 15.1 Å². The molecule has 180 valence electrons. The van der Waals surface area contributed by atoms with Gasteiger partial charge in [-0.25, -0.2) is 0 Å². The number of alkyl halides is 1. The average molecular weight is 527 g/mol. The molecule has 0 saturated heterocycles. The average Bonchev–Trinajstić information content (AvgIpc) is 3.49. The third-order valence-electron chi connectivity index (χ3n) is 4.46. The van der Waals surface area contributed by atoms with Crippen molar-refractivity contribution in [3.8, 4) is 0 Å². The van der Waals surface area contributed by atoms with Crippen LogP contribution < -0.4 is 21.7 Å². The minimum atomic E-state index is -0.653. The molecule has 0 fully saturated rings. The minimum Gasteiger partial charge on any atom is -0.397 e. The summed E-state index contributed by atoms with van der Waals surface area (Å²) in [5.41, 5.74) is 8.12. The third kappa shape index (κ3) is 7.68. The fourth-order valence-electron chi connectivity index (χ4n) is 2.74. The van der Waals surface area contributed by atoms with Crippen molar-refractivity contribution < 1.29 is 14.4 Å². The number of carbonyl (C=O) groups is 3. The number of benzene rings is 2. The van der Waals surface area contributed by atoms with Crippen LogP contribution in [0.15, 0.2) is 83.6 Å². The van der Waals surface area contributed by atoms with Crippen LogP contribution >= 0.6 is 34.3 Å². The van der Waals surface area contributed by atoms with Crippen molar-refractivity contribution in [2.45, 2.75) is 12.3 Å². The summed E-state index contributed by atoms with van der Waals surface area (Å²) in [5, 5.41) is 11.1. The molecule has 1 atom stereocenters. The molecular formula is C25H23ClN4O3S2. The molecule has 2 heterocycles. The standard InChI is InChI=1S/C14H13ClN2O2S.C11H10N2OS/c1-9(15)13(18)17-11-7-8-20-12(11)14(19)16-10-5-3-2-4-6-10;12-9-6-7-15-10(9)11(14)13-8-4-2-1-3-5-8/h2-9H,1H3,(H,16,19)(H,17,18);1-7H,12H2,(H,13,14). The van der Waals surface area contributed by atoms with Gasteiger partial charge in [0.05, 0.1) is 11.4 Å². The Morgan fingerprint density at radius 2 is 1.23 bits per heavy atom. The van der Waals surface area contributed by atoms with E-state index in [0.717, 1.165) is 5.69 Å². The Bertz CT molecular complexity index is 1270. The van der Waals surface area contributed by atoms with Gasteiger partial charge < -0.3 is 21.7 Å². The van der Waals surface area contributed by atoms with Crippen molar-refractivity contribution in [2.24, 2.45) is 0 Å². The second kappa shape index (κ2) is 12.7. The van der Waals surface area contributed by atoms with Crippen LogP contribution in [0.25, 0.3) is 0 Å². The van der Waals surface area contributed by atoms with Crippen LogP contribution in [0.3, 0.4) is 0 Å². The monoisotopic (exact) mass is 526 g/mol. The molecule has 2 aromatic carbocycles. The van der Waals surface area contributed by atoms with E-state index in [2.05, 4.69) is 16.0 Å². The number of nitrogens with one attached hydrogen (secondary N) is 3. The first-order valence-corrected chi connectivity index (χ1v) is 12.6. The Kier molecular flexibility index (Phi) is 9.42. The zero-order chi connectivity index (χ0) is 25.2. The number of rotatable bonds is 6. The van der Waals surface area contributed by atoms with Gasteiger partial charge in [0, 0.05) is 11.4 Å². The second-order valence-electron chi connectivity index (χ2n) is 7.11. The van der Waals surface area contributed by atoms with Gasteiger partial charge >= 0.3 is 0 Å². The number of halogens is 1. The number of hydrogen-bond donors (Lipinski definition) is 4. The lowest BCUT2D eigenvalue weighted by Gasteiger charge is -2.08. The number of nitrogens with two attached hydrogens (primary N) is 1. The number of para-hydroxylation sites is 2. The fourth-order valence-corrected chi connectivity index (χ4v) is 4.25. The summed E-state index contributed by atoms with van der Waals surface area (Å²) in [6, 6.07) is 21.8. The molecule has 5 N–H and O–H groups in total. The number of anilines is 4. The van der Waals surface area contributed by atoms with Gasteiger partial charge in [0.25, 0.3) is 11.8 Å². The molecule has 0 aliphatic heterocycles. The summed E-state index contributed by atoms with van der Waals surface area (Å²) in [6.45, 7) is 1.58. The lowest BCUT2D eigenvalue weighted by atomic mass is 10.3. The SMILES string of the molecule is CC(Cl)C(=O)Nc1ccsc1C(=O)Nc1ccccc1.Nc1ccsc1C(=O)Nc1ccccc1. The summed E-state index contributed by atoms with van der Waals surface area (Å²) in [5.74, 6) is -0.753. The van der Waals surface area contributed by atoms with Crippen LogP contribution in [-0.4, -0.2) is 23.1 Å². The molecular weight excluding hydrogens is 504 g/mol. The number of nitrogen functional groups attached to an aromatic ring is 1. The molecule has 0 radical (unpaired) electrons. The van der Waals surface area contributed by atoms with Crippen LogP contribution in [0.5, 0.6) is 0 Å². The van der Waals surface area contributed by atoms with Crippen LogP contribution in [0.2, 0.25) is 0 Å². The fraction of sp³-hybridized carbons (Fsp3) is 0.0800. The predicted octanol–water partition coefficient (Wildman–Crippen LogP) is 6.15. The molecule has 0 aliphatic rings. The van der Waals surface area contributed by atoms with E-state index in [9.17, 15) is 14.4 Å². The first-order chi connectivity index (χ1) is 16.8. The number of thiophene rings is 2. The molecule has 10 heteroatoms. The summed E-state index contributed by atoms with van der Waals surface area (Å²) < 4.78 is 0. The predicted molar refractivity (Wildman–Crippen MR) is 146 cm³/mol. The Morgan fingerprint density at radius 3 is 1.71 bits per heavy atom. The molecule has 4 rings (SSSR count). The lowest BCUT2D eigenvalue weighted by molar-refractivity contribution is -0.115. The molecule has 4 aromatic rings. The normalized spacial score (nSPS) is 10.9. The highest BCUT2D eigenvalue weighted by molar-refractivity contribution is 7.13. The Balaban J connectivity index is 0.000000203. The first kappa shape index (κ1) is 26.0. The summed E-state index contributed by atoms with van der Waals surface area (Å²) >= 11 is 8.30. The molecule has 1 unspecified atom stereocenters. The zero-order valence-electron chi connectivity index (χ0n) is 18.7. The van der Waals surface area contributed by atoms with Crippen LogP contribution in [0, 0.1) is 0 Å². The quantitative estimate of drug-likeness (QED) is 0.226. The van der Waals surface area contributed by atoms with Crippen molar-refractivity contribution in [2.75, 3.05) is 21.7 Å². The highest BCUT2D eigenvalue weighted by Crippen LogP contribution is 2.24. The van der Waals surface area contributed by atoms with Crippen molar-refractivity contribution >= 4 is 74.7 Å². The summed E-state index contributed by atoms with van der Waals surface area (Å²) in [4.78, 5) is 36.4. The van der Waals surface area contributed by atoms with E-state index < -0.39 is 5.38 Å². The molecule has 0 saturated carbocycles. The number of amides is 3. The van der Waals surface area contributed by atoms with Crippen molar-refractivity contribution in [3.63, 3.8) is 0 Å².